The largest absolute Gasteiger partial charge is 0.497 e. The lowest BCUT2D eigenvalue weighted by Gasteiger charge is -2.21. The lowest BCUT2D eigenvalue weighted by molar-refractivity contribution is 0.414. The molecule has 0 fully saturated rings. The lowest BCUT2D eigenvalue weighted by Crippen LogP contribution is -2.23. The van der Waals surface area contributed by atoms with Crippen LogP contribution in [0.1, 0.15) is 29.7 Å². The van der Waals surface area contributed by atoms with Crippen molar-refractivity contribution >= 4 is 11.6 Å². The molecule has 0 aliphatic rings. The molecule has 1 atom stereocenters. The zero-order valence-corrected chi connectivity index (χ0v) is 13.6. The second-order valence-corrected chi connectivity index (χ2v) is 5.60. The van der Waals surface area contributed by atoms with Gasteiger partial charge in [0.25, 0.3) is 0 Å². The van der Waals surface area contributed by atoms with Gasteiger partial charge in [-0.05, 0) is 60.8 Å². The standard InChI is InChI=1S/C18H22ClNO/c1-4-20-18(17-9-8-15(19)10-13(17)2)12-14-6-5-7-16(11-14)21-3/h5-11,18,20H,4,12H2,1-3H3. The van der Waals surface area contributed by atoms with E-state index in [2.05, 4.69) is 37.4 Å². The van der Waals surface area contributed by atoms with E-state index in [1.165, 1.54) is 16.7 Å². The third-order valence-corrected chi connectivity index (χ3v) is 3.87. The fourth-order valence-electron chi connectivity index (χ4n) is 2.60. The van der Waals surface area contributed by atoms with Gasteiger partial charge in [-0.15, -0.1) is 0 Å². The van der Waals surface area contributed by atoms with Crippen molar-refractivity contribution in [1.82, 2.24) is 5.32 Å². The van der Waals surface area contributed by atoms with E-state index in [4.69, 9.17) is 16.3 Å². The number of halogens is 1. The van der Waals surface area contributed by atoms with Gasteiger partial charge >= 0.3 is 0 Å². The van der Waals surface area contributed by atoms with Crippen molar-refractivity contribution < 1.29 is 4.74 Å². The summed E-state index contributed by atoms with van der Waals surface area (Å²) in [5.41, 5.74) is 3.77. The van der Waals surface area contributed by atoms with Gasteiger partial charge in [-0.3, -0.25) is 0 Å². The van der Waals surface area contributed by atoms with Gasteiger partial charge in [-0.1, -0.05) is 36.7 Å². The average Bonchev–Trinajstić information content (AvgIpc) is 2.47. The van der Waals surface area contributed by atoms with Crippen molar-refractivity contribution in [3.8, 4) is 5.75 Å². The number of ether oxygens (including phenoxy) is 1. The molecule has 2 rings (SSSR count). The van der Waals surface area contributed by atoms with E-state index in [1.807, 2.05) is 24.3 Å². The minimum absolute atomic E-state index is 0.277. The van der Waals surface area contributed by atoms with Gasteiger partial charge in [0.1, 0.15) is 5.75 Å². The summed E-state index contributed by atoms with van der Waals surface area (Å²) < 4.78 is 5.30. The number of aryl methyl sites for hydroxylation is 1. The molecule has 0 saturated carbocycles. The Bertz CT molecular complexity index is 598. The van der Waals surface area contributed by atoms with E-state index in [9.17, 15) is 0 Å². The first kappa shape index (κ1) is 15.9. The molecule has 0 aromatic heterocycles. The SMILES string of the molecule is CCNC(Cc1cccc(OC)c1)c1ccc(Cl)cc1C. The number of benzene rings is 2. The topological polar surface area (TPSA) is 21.3 Å². The van der Waals surface area contributed by atoms with Crippen molar-refractivity contribution in [2.24, 2.45) is 0 Å². The summed E-state index contributed by atoms with van der Waals surface area (Å²) in [5, 5.41) is 4.35. The number of rotatable bonds is 6. The molecule has 2 nitrogen and oxygen atoms in total. The summed E-state index contributed by atoms with van der Waals surface area (Å²) in [6.45, 7) is 5.16. The molecule has 2 aromatic rings. The summed E-state index contributed by atoms with van der Waals surface area (Å²) >= 11 is 6.06. The van der Waals surface area contributed by atoms with E-state index in [1.54, 1.807) is 7.11 Å². The molecule has 0 heterocycles. The molecule has 21 heavy (non-hydrogen) atoms. The third kappa shape index (κ3) is 4.23. The lowest BCUT2D eigenvalue weighted by atomic mass is 9.95. The van der Waals surface area contributed by atoms with Crippen molar-refractivity contribution in [2.45, 2.75) is 26.3 Å². The quantitative estimate of drug-likeness (QED) is 0.845. The maximum atomic E-state index is 6.06. The number of likely N-dealkylation sites (N-methyl/N-ethyl adjacent to an activating group) is 1. The Kier molecular flexibility index (Phi) is 5.66. The van der Waals surface area contributed by atoms with Gasteiger partial charge in [0.05, 0.1) is 7.11 Å². The van der Waals surface area contributed by atoms with E-state index < -0.39 is 0 Å². The Morgan fingerprint density at radius 2 is 2.00 bits per heavy atom. The van der Waals surface area contributed by atoms with Gasteiger partial charge in [-0.25, -0.2) is 0 Å². The molecule has 1 unspecified atom stereocenters. The van der Waals surface area contributed by atoms with Gasteiger partial charge in [0, 0.05) is 11.1 Å². The summed E-state index contributed by atoms with van der Waals surface area (Å²) in [4.78, 5) is 0. The molecular weight excluding hydrogens is 282 g/mol. The van der Waals surface area contributed by atoms with Gasteiger partial charge < -0.3 is 10.1 Å². The maximum absolute atomic E-state index is 6.06. The molecular formula is C18H22ClNO. The highest BCUT2D eigenvalue weighted by Crippen LogP contribution is 2.25. The second kappa shape index (κ2) is 7.48. The fraction of sp³-hybridized carbons (Fsp3) is 0.333. The minimum atomic E-state index is 0.277. The monoisotopic (exact) mass is 303 g/mol. The number of nitrogens with one attached hydrogen (secondary N) is 1. The Morgan fingerprint density at radius 1 is 1.19 bits per heavy atom. The molecule has 0 saturated heterocycles. The zero-order valence-electron chi connectivity index (χ0n) is 12.8. The van der Waals surface area contributed by atoms with E-state index in [-0.39, 0.29) is 6.04 Å². The Hall–Kier alpha value is -1.51. The summed E-state index contributed by atoms with van der Waals surface area (Å²) in [5.74, 6) is 0.899. The van der Waals surface area contributed by atoms with Gasteiger partial charge in [0.2, 0.25) is 0 Å². The Labute approximate surface area is 132 Å². The molecule has 0 radical (unpaired) electrons. The van der Waals surface area contributed by atoms with E-state index >= 15 is 0 Å². The van der Waals surface area contributed by atoms with Crippen LogP contribution in [0.2, 0.25) is 5.02 Å². The molecule has 0 spiro atoms. The Morgan fingerprint density at radius 3 is 2.67 bits per heavy atom. The van der Waals surface area contributed by atoms with Crippen molar-refractivity contribution in [2.75, 3.05) is 13.7 Å². The second-order valence-electron chi connectivity index (χ2n) is 5.17. The first-order valence-corrected chi connectivity index (χ1v) is 7.64. The summed E-state index contributed by atoms with van der Waals surface area (Å²) in [6, 6.07) is 14.6. The van der Waals surface area contributed by atoms with E-state index in [0.29, 0.717) is 0 Å². The highest BCUT2D eigenvalue weighted by molar-refractivity contribution is 6.30. The summed E-state index contributed by atoms with van der Waals surface area (Å²) in [7, 11) is 1.70. The van der Waals surface area contributed by atoms with Crippen LogP contribution < -0.4 is 10.1 Å². The maximum Gasteiger partial charge on any atom is 0.119 e. The summed E-state index contributed by atoms with van der Waals surface area (Å²) in [6.07, 6.45) is 0.924. The molecule has 0 bridgehead atoms. The molecule has 0 aliphatic carbocycles. The van der Waals surface area contributed by atoms with Crippen LogP contribution in [-0.4, -0.2) is 13.7 Å². The average molecular weight is 304 g/mol. The first-order chi connectivity index (χ1) is 10.1. The van der Waals surface area contributed by atoms with Crippen molar-refractivity contribution in [3.63, 3.8) is 0 Å². The molecule has 112 valence electrons. The van der Waals surface area contributed by atoms with Crippen LogP contribution in [0.3, 0.4) is 0 Å². The van der Waals surface area contributed by atoms with Crippen LogP contribution in [-0.2, 0) is 6.42 Å². The molecule has 0 amide bonds. The highest BCUT2D eigenvalue weighted by atomic mass is 35.5. The van der Waals surface area contributed by atoms with Crippen LogP contribution in [0.5, 0.6) is 5.75 Å². The minimum Gasteiger partial charge on any atom is -0.497 e. The zero-order chi connectivity index (χ0) is 15.2. The highest BCUT2D eigenvalue weighted by Gasteiger charge is 2.14. The molecule has 2 aromatic carbocycles. The predicted molar refractivity (Wildman–Crippen MR) is 89.3 cm³/mol. The molecule has 1 N–H and O–H groups in total. The molecule has 3 heteroatoms. The van der Waals surface area contributed by atoms with Gasteiger partial charge in [-0.2, -0.15) is 0 Å². The van der Waals surface area contributed by atoms with Crippen LogP contribution in [0.15, 0.2) is 42.5 Å². The smallest absolute Gasteiger partial charge is 0.119 e. The van der Waals surface area contributed by atoms with Crippen molar-refractivity contribution in [3.05, 3.63) is 64.2 Å². The van der Waals surface area contributed by atoms with Crippen molar-refractivity contribution in [1.29, 1.82) is 0 Å². The normalized spacial score (nSPS) is 12.2. The predicted octanol–water partition coefficient (Wildman–Crippen LogP) is 4.55. The Balaban J connectivity index is 2.26. The fourth-order valence-corrected chi connectivity index (χ4v) is 2.83. The van der Waals surface area contributed by atoms with E-state index in [0.717, 1.165) is 23.7 Å². The third-order valence-electron chi connectivity index (χ3n) is 3.63. The van der Waals surface area contributed by atoms with Crippen LogP contribution in [0, 0.1) is 6.92 Å². The first-order valence-electron chi connectivity index (χ1n) is 7.26. The van der Waals surface area contributed by atoms with Gasteiger partial charge in [0.15, 0.2) is 0 Å². The number of hydrogen-bond donors (Lipinski definition) is 1. The number of hydrogen-bond acceptors (Lipinski definition) is 2. The van der Waals surface area contributed by atoms with Crippen LogP contribution in [0.4, 0.5) is 0 Å². The van der Waals surface area contributed by atoms with Crippen LogP contribution in [0.25, 0.3) is 0 Å². The molecule has 0 aliphatic heterocycles. The van der Waals surface area contributed by atoms with Crippen LogP contribution >= 0.6 is 11.6 Å². The number of methoxy groups -OCH3 is 1.